The minimum absolute atomic E-state index is 0.176. The molecule has 1 heterocycles. The average Bonchev–Trinajstić information content (AvgIpc) is 3.29. The van der Waals surface area contributed by atoms with Crippen LogP contribution in [0.4, 0.5) is 11.4 Å². The van der Waals surface area contributed by atoms with Crippen molar-refractivity contribution < 1.29 is 17.9 Å². The monoisotopic (exact) mass is 431 g/mol. The maximum absolute atomic E-state index is 13.0. The number of amides is 1. The van der Waals surface area contributed by atoms with Crippen LogP contribution in [0.2, 0.25) is 0 Å². The molecule has 1 aliphatic heterocycles. The molecule has 0 bridgehead atoms. The molecular weight excluding hydrogens is 402 g/mol. The van der Waals surface area contributed by atoms with E-state index in [1.807, 2.05) is 13.8 Å². The highest BCUT2D eigenvalue weighted by Gasteiger charge is 2.25. The third kappa shape index (κ3) is 4.60. The van der Waals surface area contributed by atoms with Crippen LogP contribution in [0.5, 0.6) is 5.75 Å². The van der Waals surface area contributed by atoms with Gasteiger partial charge in [-0.2, -0.15) is 4.31 Å². The van der Waals surface area contributed by atoms with Gasteiger partial charge < -0.3 is 15.0 Å². The molecular formula is C22H29N3O4S. The Morgan fingerprint density at radius 3 is 2.43 bits per heavy atom. The van der Waals surface area contributed by atoms with Crippen molar-refractivity contribution in [1.82, 2.24) is 4.31 Å². The first-order chi connectivity index (χ1) is 14.4. The number of nitrogens with zero attached hydrogens (tertiary/aromatic N) is 2. The summed E-state index contributed by atoms with van der Waals surface area (Å²) in [6, 6.07) is 11.9. The summed E-state index contributed by atoms with van der Waals surface area (Å²) in [5.41, 5.74) is 1.78. The zero-order chi connectivity index (χ0) is 21.7. The fourth-order valence-electron chi connectivity index (χ4n) is 3.68. The van der Waals surface area contributed by atoms with E-state index in [4.69, 9.17) is 4.74 Å². The van der Waals surface area contributed by atoms with Crippen molar-refractivity contribution in [3.05, 3.63) is 48.0 Å². The minimum Gasteiger partial charge on any atom is -0.497 e. The predicted molar refractivity (Wildman–Crippen MR) is 119 cm³/mol. The average molecular weight is 432 g/mol. The lowest BCUT2D eigenvalue weighted by Gasteiger charge is -2.24. The molecule has 1 aliphatic rings. The van der Waals surface area contributed by atoms with Crippen molar-refractivity contribution in [2.75, 3.05) is 43.5 Å². The van der Waals surface area contributed by atoms with E-state index in [1.54, 1.807) is 49.6 Å². The molecule has 3 rings (SSSR count). The van der Waals surface area contributed by atoms with E-state index in [0.29, 0.717) is 30.1 Å². The summed E-state index contributed by atoms with van der Waals surface area (Å²) < 4.78 is 32.6. The Bertz CT molecular complexity index is 997. The van der Waals surface area contributed by atoms with E-state index < -0.39 is 10.0 Å². The summed E-state index contributed by atoms with van der Waals surface area (Å²) in [6.07, 6.45) is 2.14. The number of anilines is 2. The van der Waals surface area contributed by atoms with Gasteiger partial charge in [0, 0.05) is 31.7 Å². The van der Waals surface area contributed by atoms with Gasteiger partial charge in [-0.05, 0) is 49.2 Å². The molecule has 0 radical (unpaired) electrons. The van der Waals surface area contributed by atoms with Gasteiger partial charge in [-0.15, -0.1) is 0 Å². The van der Waals surface area contributed by atoms with Gasteiger partial charge in [0.05, 0.1) is 23.4 Å². The van der Waals surface area contributed by atoms with Gasteiger partial charge in [0.25, 0.3) is 5.91 Å². The third-order valence-electron chi connectivity index (χ3n) is 5.34. The number of ether oxygens (including phenoxy) is 1. The molecule has 0 spiro atoms. The third-order valence-corrected chi connectivity index (χ3v) is 7.38. The Labute approximate surface area is 178 Å². The highest BCUT2D eigenvalue weighted by molar-refractivity contribution is 7.89. The molecule has 0 aromatic heterocycles. The first-order valence-corrected chi connectivity index (χ1v) is 11.7. The van der Waals surface area contributed by atoms with E-state index in [0.717, 1.165) is 31.6 Å². The molecule has 0 aliphatic carbocycles. The minimum atomic E-state index is -3.63. The van der Waals surface area contributed by atoms with Gasteiger partial charge in [0.15, 0.2) is 0 Å². The molecule has 1 saturated heterocycles. The number of carbonyl (C=O) groups is 1. The lowest BCUT2D eigenvalue weighted by atomic mass is 10.2. The quantitative estimate of drug-likeness (QED) is 0.691. The maximum atomic E-state index is 13.0. The Morgan fingerprint density at radius 1 is 1.10 bits per heavy atom. The fourth-order valence-corrected chi connectivity index (χ4v) is 5.17. The largest absolute Gasteiger partial charge is 0.497 e. The first kappa shape index (κ1) is 22.1. The zero-order valence-corrected chi connectivity index (χ0v) is 18.5. The van der Waals surface area contributed by atoms with Gasteiger partial charge in [-0.25, -0.2) is 8.42 Å². The van der Waals surface area contributed by atoms with Gasteiger partial charge in [0.1, 0.15) is 5.75 Å². The van der Waals surface area contributed by atoms with Crippen molar-refractivity contribution in [3.8, 4) is 5.75 Å². The summed E-state index contributed by atoms with van der Waals surface area (Å²) in [5, 5.41) is 2.92. The van der Waals surface area contributed by atoms with Crippen LogP contribution in [0.1, 0.15) is 37.0 Å². The second-order valence-electron chi connectivity index (χ2n) is 7.15. The lowest BCUT2D eigenvalue weighted by molar-refractivity contribution is 0.102. The number of nitrogens with one attached hydrogen (secondary N) is 1. The van der Waals surface area contributed by atoms with Gasteiger partial charge in [0.2, 0.25) is 10.0 Å². The highest BCUT2D eigenvalue weighted by atomic mass is 32.2. The van der Waals surface area contributed by atoms with E-state index in [1.165, 1.54) is 4.31 Å². The normalized spacial score (nSPS) is 14.2. The fraction of sp³-hybridized carbons (Fsp3) is 0.409. The van der Waals surface area contributed by atoms with Crippen molar-refractivity contribution >= 4 is 27.3 Å². The number of benzene rings is 2. The summed E-state index contributed by atoms with van der Waals surface area (Å²) >= 11 is 0. The first-order valence-electron chi connectivity index (χ1n) is 10.2. The summed E-state index contributed by atoms with van der Waals surface area (Å²) in [5.74, 6) is 0.270. The second kappa shape index (κ2) is 9.49. The Balaban J connectivity index is 1.99. The van der Waals surface area contributed by atoms with Crippen LogP contribution in [0, 0.1) is 0 Å². The van der Waals surface area contributed by atoms with Crippen LogP contribution < -0.4 is 15.0 Å². The van der Waals surface area contributed by atoms with Crippen LogP contribution >= 0.6 is 0 Å². The van der Waals surface area contributed by atoms with Crippen LogP contribution in [0.3, 0.4) is 0 Å². The van der Waals surface area contributed by atoms with Gasteiger partial charge >= 0.3 is 0 Å². The maximum Gasteiger partial charge on any atom is 0.255 e. The number of carbonyl (C=O) groups excluding carboxylic acids is 1. The highest BCUT2D eigenvalue weighted by Crippen LogP contribution is 2.33. The topological polar surface area (TPSA) is 79.0 Å². The molecule has 1 fully saturated rings. The number of sulfonamides is 1. The van der Waals surface area contributed by atoms with Crippen molar-refractivity contribution in [3.63, 3.8) is 0 Å². The van der Waals surface area contributed by atoms with Crippen molar-refractivity contribution in [2.45, 2.75) is 31.6 Å². The molecule has 1 N–H and O–H groups in total. The van der Waals surface area contributed by atoms with E-state index in [9.17, 15) is 13.2 Å². The Morgan fingerprint density at radius 2 is 1.80 bits per heavy atom. The zero-order valence-electron chi connectivity index (χ0n) is 17.7. The summed E-state index contributed by atoms with van der Waals surface area (Å²) in [4.78, 5) is 15.3. The molecule has 2 aromatic carbocycles. The lowest BCUT2D eigenvalue weighted by Crippen LogP contribution is -2.31. The van der Waals surface area contributed by atoms with Crippen LogP contribution in [-0.2, 0) is 10.0 Å². The molecule has 2 aromatic rings. The predicted octanol–water partition coefficient (Wildman–Crippen LogP) is 3.58. The Kier molecular flexibility index (Phi) is 6.99. The number of hydrogen-bond donors (Lipinski definition) is 1. The van der Waals surface area contributed by atoms with E-state index >= 15 is 0 Å². The number of rotatable bonds is 8. The van der Waals surface area contributed by atoms with Gasteiger partial charge in [-0.1, -0.05) is 19.9 Å². The molecule has 1 amide bonds. The molecule has 30 heavy (non-hydrogen) atoms. The molecule has 0 unspecified atom stereocenters. The molecule has 162 valence electrons. The molecule has 0 saturated carbocycles. The smallest absolute Gasteiger partial charge is 0.255 e. The van der Waals surface area contributed by atoms with Crippen molar-refractivity contribution in [2.24, 2.45) is 0 Å². The van der Waals surface area contributed by atoms with Crippen molar-refractivity contribution in [1.29, 1.82) is 0 Å². The van der Waals surface area contributed by atoms with Crippen LogP contribution in [0.15, 0.2) is 47.4 Å². The number of methoxy groups -OCH3 is 1. The Hall–Kier alpha value is -2.58. The van der Waals surface area contributed by atoms with E-state index in [2.05, 4.69) is 10.2 Å². The molecule has 8 heteroatoms. The van der Waals surface area contributed by atoms with E-state index in [-0.39, 0.29) is 10.8 Å². The summed E-state index contributed by atoms with van der Waals surface area (Å²) in [7, 11) is -2.09. The molecule has 7 nitrogen and oxygen atoms in total. The van der Waals surface area contributed by atoms with Crippen LogP contribution in [-0.4, -0.2) is 51.9 Å². The molecule has 0 atom stereocenters. The van der Waals surface area contributed by atoms with Crippen LogP contribution in [0.25, 0.3) is 0 Å². The standard InChI is InChI=1S/C22H29N3O4S/c1-4-25(5-2)30(27,28)19-11-12-21(24-13-6-7-14-24)20(16-19)23-22(26)17-9-8-10-18(15-17)29-3/h8-12,15-16H,4-7,13-14H2,1-3H3,(H,23,26). The van der Waals surface area contributed by atoms with Gasteiger partial charge in [-0.3, -0.25) is 4.79 Å². The number of hydrogen-bond acceptors (Lipinski definition) is 5. The SMILES string of the molecule is CCN(CC)S(=O)(=O)c1ccc(N2CCCC2)c(NC(=O)c2cccc(OC)c2)c1. The second-order valence-corrected chi connectivity index (χ2v) is 9.09. The summed E-state index contributed by atoms with van der Waals surface area (Å²) in [6.45, 7) is 6.15.